The quantitative estimate of drug-likeness (QED) is 0.583. The van der Waals surface area contributed by atoms with E-state index in [0.29, 0.717) is 6.04 Å². The van der Waals surface area contributed by atoms with E-state index in [1.807, 2.05) is 0 Å². The van der Waals surface area contributed by atoms with Crippen LogP contribution in [-0.2, 0) is 0 Å². The Bertz CT molecular complexity index is 119. The maximum absolute atomic E-state index is 5.78. The van der Waals surface area contributed by atoms with Crippen molar-refractivity contribution in [1.82, 2.24) is 0 Å². The van der Waals surface area contributed by atoms with Gasteiger partial charge in [-0.05, 0) is 32.1 Å². The lowest BCUT2D eigenvalue weighted by molar-refractivity contribution is 0.771. The molecule has 0 radical (unpaired) electrons. The van der Waals surface area contributed by atoms with Crippen LogP contribution in [0, 0.1) is 0 Å². The van der Waals surface area contributed by atoms with E-state index in [2.05, 4.69) is 13.0 Å². The molecule has 10 heavy (non-hydrogen) atoms. The number of nitrogens with two attached hydrogens (primary N) is 1. The molecule has 0 heterocycles. The number of hydrogen-bond acceptors (Lipinski definition) is 1. The van der Waals surface area contributed by atoms with Crippen LogP contribution in [0.25, 0.3) is 0 Å². The molecular formula is C9H17N. The summed E-state index contributed by atoms with van der Waals surface area (Å²) in [5, 5.41) is 0. The normalized spacial score (nSPS) is 21.2. The van der Waals surface area contributed by atoms with Gasteiger partial charge in [-0.1, -0.05) is 18.6 Å². The molecule has 0 aromatic rings. The van der Waals surface area contributed by atoms with E-state index in [9.17, 15) is 0 Å². The monoisotopic (exact) mass is 139 g/mol. The molecule has 1 heteroatoms. The van der Waals surface area contributed by atoms with Gasteiger partial charge in [-0.2, -0.15) is 0 Å². The first kappa shape index (κ1) is 7.80. The van der Waals surface area contributed by atoms with Crippen molar-refractivity contribution in [2.45, 2.75) is 45.1 Å². The molecule has 0 saturated heterocycles. The molecule has 0 amide bonds. The topological polar surface area (TPSA) is 26.0 Å². The van der Waals surface area contributed by atoms with E-state index in [1.54, 1.807) is 5.57 Å². The van der Waals surface area contributed by atoms with Gasteiger partial charge in [0.1, 0.15) is 0 Å². The zero-order valence-corrected chi connectivity index (χ0v) is 6.77. The molecule has 58 valence electrons. The van der Waals surface area contributed by atoms with Gasteiger partial charge in [-0.3, -0.25) is 0 Å². The molecule has 1 fully saturated rings. The van der Waals surface area contributed by atoms with Gasteiger partial charge < -0.3 is 5.73 Å². The first-order valence-electron chi connectivity index (χ1n) is 4.28. The molecule has 1 aliphatic rings. The summed E-state index contributed by atoms with van der Waals surface area (Å²) >= 11 is 0. The summed E-state index contributed by atoms with van der Waals surface area (Å²) in [4.78, 5) is 0. The third-order valence-electron chi connectivity index (χ3n) is 2.17. The average molecular weight is 139 g/mol. The minimum atomic E-state index is 0.313. The van der Waals surface area contributed by atoms with Crippen LogP contribution in [0.1, 0.15) is 39.0 Å². The third-order valence-corrected chi connectivity index (χ3v) is 2.17. The van der Waals surface area contributed by atoms with Crippen LogP contribution in [0.4, 0.5) is 0 Å². The van der Waals surface area contributed by atoms with Gasteiger partial charge >= 0.3 is 0 Å². The fourth-order valence-corrected chi connectivity index (χ4v) is 1.42. The Morgan fingerprint density at radius 2 is 2.10 bits per heavy atom. The van der Waals surface area contributed by atoms with Crippen LogP contribution in [0.2, 0.25) is 0 Å². The van der Waals surface area contributed by atoms with Crippen molar-refractivity contribution in [2.75, 3.05) is 0 Å². The Kier molecular flexibility index (Phi) is 2.94. The predicted molar refractivity (Wildman–Crippen MR) is 44.8 cm³/mol. The molecule has 0 spiro atoms. The van der Waals surface area contributed by atoms with E-state index in [4.69, 9.17) is 5.73 Å². The highest BCUT2D eigenvalue weighted by atomic mass is 14.6. The maximum atomic E-state index is 5.78. The lowest BCUT2D eigenvalue weighted by Crippen LogP contribution is -2.15. The number of rotatable bonds is 2. The highest BCUT2D eigenvalue weighted by molar-refractivity contribution is 5.09. The fraction of sp³-hybridized carbons (Fsp3) is 0.778. The van der Waals surface area contributed by atoms with Gasteiger partial charge in [0.15, 0.2) is 0 Å². The van der Waals surface area contributed by atoms with Crippen molar-refractivity contribution in [1.29, 1.82) is 0 Å². The minimum absolute atomic E-state index is 0.313. The van der Waals surface area contributed by atoms with Crippen LogP contribution in [0.3, 0.4) is 0 Å². The van der Waals surface area contributed by atoms with Crippen LogP contribution in [0.15, 0.2) is 11.6 Å². The van der Waals surface area contributed by atoms with E-state index in [0.717, 1.165) is 6.42 Å². The fourth-order valence-electron chi connectivity index (χ4n) is 1.42. The lowest BCUT2D eigenvalue weighted by atomic mass is 10.1. The first-order valence-corrected chi connectivity index (χ1v) is 4.28. The van der Waals surface area contributed by atoms with Crippen molar-refractivity contribution >= 4 is 0 Å². The minimum Gasteiger partial charge on any atom is -0.324 e. The second-order valence-electron chi connectivity index (χ2n) is 3.10. The van der Waals surface area contributed by atoms with Crippen molar-refractivity contribution in [3.05, 3.63) is 11.6 Å². The number of hydrogen-bond donors (Lipinski definition) is 1. The van der Waals surface area contributed by atoms with Crippen LogP contribution in [-0.4, -0.2) is 6.04 Å². The Balaban J connectivity index is 2.37. The Labute approximate surface area is 63.3 Å². The summed E-state index contributed by atoms with van der Waals surface area (Å²) in [5.74, 6) is 0. The second-order valence-corrected chi connectivity index (χ2v) is 3.10. The molecule has 1 nitrogen and oxygen atoms in total. The maximum Gasteiger partial charge on any atom is 0.0223 e. The molecular weight excluding hydrogens is 122 g/mol. The molecule has 0 aliphatic heterocycles. The zero-order chi connectivity index (χ0) is 7.40. The average Bonchev–Trinajstić information content (AvgIpc) is 2.40. The molecule has 1 aliphatic carbocycles. The highest BCUT2D eigenvalue weighted by Gasteiger charge is 2.06. The molecule has 0 aromatic heterocycles. The third kappa shape index (κ3) is 2.14. The summed E-state index contributed by atoms with van der Waals surface area (Å²) in [5.41, 5.74) is 7.37. The van der Waals surface area contributed by atoms with E-state index in [-0.39, 0.29) is 0 Å². The Morgan fingerprint density at radius 1 is 1.50 bits per heavy atom. The van der Waals surface area contributed by atoms with Crippen molar-refractivity contribution in [3.63, 3.8) is 0 Å². The largest absolute Gasteiger partial charge is 0.324 e. The zero-order valence-electron chi connectivity index (χ0n) is 6.77. The van der Waals surface area contributed by atoms with E-state index in [1.165, 1.54) is 25.7 Å². The van der Waals surface area contributed by atoms with Gasteiger partial charge in [-0.25, -0.2) is 0 Å². The van der Waals surface area contributed by atoms with E-state index < -0.39 is 0 Å². The lowest BCUT2D eigenvalue weighted by Gasteiger charge is -2.02. The summed E-state index contributed by atoms with van der Waals surface area (Å²) < 4.78 is 0. The molecule has 1 atom stereocenters. The summed E-state index contributed by atoms with van der Waals surface area (Å²) in [7, 11) is 0. The summed E-state index contributed by atoms with van der Waals surface area (Å²) in [6.45, 7) is 2.14. The highest BCUT2D eigenvalue weighted by Crippen LogP contribution is 2.23. The number of allylic oxidation sites excluding steroid dienone is 1. The summed E-state index contributed by atoms with van der Waals surface area (Å²) in [6.07, 6.45) is 8.68. The summed E-state index contributed by atoms with van der Waals surface area (Å²) in [6, 6.07) is 0.313. The molecule has 1 unspecified atom stereocenters. The Morgan fingerprint density at radius 3 is 2.60 bits per heavy atom. The van der Waals surface area contributed by atoms with Gasteiger partial charge in [0.25, 0.3) is 0 Å². The molecule has 1 rings (SSSR count). The van der Waals surface area contributed by atoms with Crippen LogP contribution in [0.5, 0.6) is 0 Å². The Hall–Kier alpha value is -0.300. The first-order chi connectivity index (χ1) is 4.83. The standard InChI is InChI=1S/C9H17N/c1-2-9(10)7-8-5-3-4-6-8/h7,9H,2-6,10H2,1H3. The van der Waals surface area contributed by atoms with Crippen molar-refractivity contribution in [2.24, 2.45) is 5.73 Å². The van der Waals surface area contributed by atoms with Gasteiger partial charge in [0.2, 0.25) is 0 Å². The second kappa shape index (κ2) is 3.77. The SMILES string of the molecule is CCC(N)C=C1CCCC1. The van der Waals surface area contributed by atoms with Crippen molar-refractivity contribution < 1.29 is 0 Å². The van der Waals surface area contributed by atoms with E-state index >= 15 is 0 Å². The molecule has 2 N–H and O–H groups in total. The van der Waals surface area contributed by atoms with Gasteiger partial charge in [-0.15, -0.1) is 0 Å². The van der Waals surface area contributed by atoms with Crippen molar-refractivity contribution in [3.8, 4) is 0 Å². The molecule has 0 aromatic carbocycles. The molecule has 1 saturated carbocycles. The molecule has 0 bridgehead atoms. The van der Waals surface area contributed by atoms with Gasteiger partial charge in [0.05, 0.1) is 0 Å². The smallest absolute Gasteiger partial charge is 0.0223 e. The van der Waals surface area contributed by atoms with Crippen LogP contribution >= 0.6 is 0 Å². The van der Waals surface area contributed by atoms with Gasteiger partial charge in [0, 0.05) is 6.04 Å². The predicted octanol–water partition coefficient (Wildman–Crippen LogP) is 2.22. The van der Waals surface area contributed by atoms with Crippen LogP contribution < -0.4 is 5.73 Å².